The lowest BCUT2D eigenvalue weighted by Crippen LogP contribution is -2.53. The monoisotopic (exact) mass is 384 g/mol. The van der Waals surface area contributed by atoms with Crippen LogP contribution in [0.1, 0.15) is 58.6 Å². The molecule has 1 aromatic rings. The number of aliphatic hydroxyl groups is 1. The maximum Gasteiger partial charge on any atom is 0.430 e. The van der Waals surface area contributed by atoms with E-state index in [0.29, 0.717) is 17.9 Å². The number of rotatable bonds is 6. The van der Waals surface area contributed by atoms with E-state index in [4.69, 9.17) is 0 Å². The first-order valence-electron chi connectivity index (χ1n) is 8.60. The molecule has 1 N–H and O–H groups in total. The van der Waals surface area contributed by atoms with Gasteiger partial charge in [-0.1, -0.05) is 58.9 Å². The minimum absolute atomic E-state index is 0.143. The largest absolute Gasteiger partial charge is 0.430 e. The van der Waals surface area contributed by atoms with Gasteiger partial charge in [0, 0.05) is 5.56 Å². The quantitative estimate of drug-likeness (QED) is 0.567. The molecular formula is C19H26F6O. The summed E-state index contributed by atoms with van der Waals surface area (Å²) in [5.74, 6) is 0.448. The summed E-state index contributed by atoms with van der Waals surface area (Å²) < 4.78 is 78.1. The van der Waals surface area contributed by atoms with Crippen molar-refractivity contribution in [2.24, 2.45) is 11.8 Å². The van der Waals surface area contributed by atoms with Crippen molar-refractivity contribution in [2.75, 3.05) is 0 Å². The fourth-order valence-corrected chi connectivity index (χ4v) is 3.70. The fraction of sp³-hybridized carbons (Fsp3) is 0.684. The van der Waals surface area contributed by atoms with E-state index in [-0.39, 0.29) is 11.3 Å². The second-order valence-corrected chi connectivity index (χ2v) is 7.55. The molecule has 0 aromatic heterocycles. The van der Waals surface area contributed by atoms with Crippen LogP contribution in [0.4, 0.5) is 26.3 Å². The Morgan fingerprint density at radius 3 is 1.46 bits per heavy atom. The van der Waals surface area contributed by atoms with E-state index >= 15 is 0 Å². The van der Waals surface area contributed by atoms with Crippen molar-refractivity contribution in [3.8, 4) is 0 Å². The van der Waals surface area contributed by atoms with E-state index in [2.05, 4.69) is 0 Å². The zero-order valence-corrected chi connectivity index (χ0v) is 15.6. The van der Waals surface area contributed by atoms with Crippen LogP contribution in [0.25, 0.3) is 0 Å². The Kier molecular flexibility index (Phi) is 6.50. The van der Waals surface area contributed by atoms with Gasteiger partial charge in [-0.3, -0.25) is 0 Å². The molecule has 0 amide bonds. The van der Waals surface area contributed by atoms with Crippen LogP contribution in [0.5, 0.6) is 0 Å². The van der Waals surface area contributed by atoms with Crippen molar-refractivity contribution >= 4 is 0 Å². The first-order chi connectivity index (χ1) is 11.6. The maximum atomic E-state index is 13.0. The lowest BCUT2D eigenvalue weighted by atomic mass is 9.65. The fourth-order valence-electron chi connectivity index (χ4n) is 3.70. The van der Waals surface area contributed by atoms with Gasteiger partial charge in [-0.05, 0) is 35.7 Å². The highest BCUT2D eigenvalue weighted by atomic mass is 19.4. The third-order valence-electron chi connectivity index (χ3n) is 5.21. The lowest BCUT2D eigenvalue weighted by Gasteiger charge is -2.40. The zero-order valence-electron chi connectivity index (χ0n) is 15.6. The highest BCUT2D eigenvalue weighted by Crippen LogP contribution is 2.50. The van der Waals surface area contributed by atoms with Gasteiger partial charge < -0.3 is 5.11 Å². The van der Waals surface area contributed by atoms with E-state index < -0.39 is 23.5 Å². The molecule has 0 saturated carbocycles. The molecule has 0 aliphatic rings. The van der Waals surface area contributed by atoms with Gasteiger partial charge in [0.25, 0.3) is 5.60 Å². The molecule has 0 bridgehead atoms. The Labute approximate surface area is 150 Å². The van der Waals surface area contributed by atoms with Gasteiger partial charge in [-0.15, -0.1) is 0 Å². The van der Waals surface area contributed by atoms with Crippen molar-refractivity contribution < 1.29 is 31.4 Å². The average molecular weight is 384 g/mol. The number of benzene rings is 1. The van der Waals surface area contributed by atoms with E-state index in [1.807, 2.05) is 34.6 Å². The molecule has 0 radical (unpaired) electrons. The van der Waals surface area contributed by atoms with E-state index in [0.717, 1.165) is 18.6 Å². The van der Waals surface area contributed by atoms with E-state index in [9.17, 15) is 31.4 Å². The number of hydrogen-bond donors (Lipinski definition) is 1. The molecule has 0 saturated heterocycles. The molecule has 1 unspecified atom stereocenters. The smallest absolute Gasteiger partial charge is 0.369 e. The normalized spacial score (nSPS) is 16.2. The highest BCUT2D eigenvalue weighted by Gasteiger charge is 2.71. The van der Waals surface area contributed by atoms with Crippen LogP contribution in [0.2, 0.25) is 0 Å². The Hall–Kier alpha value is -1.24. The van der Waals surface area contributed by atoms with Gasteiger partial charge in [-0.2, -0.15) is 26.3 Å². The van der Waals surface area contributed by atoms with Gasteiger partial charge in [0.05, 0.1) is 0 Å². The first kappa shape index (κ1) is 22.8. The van der Waals surface area contributed by atoms with Crippen LogP contribution < -0.4 is 0 Å². The SMILES string of the molecule is CCC(CC(C)C)(c1ccc(C(O)(C(F)(F)F)C(F)(F)F)cc1)C(C)C. The van der Waals surface area contributed by atoms with Crippen molar-refractivity contribution in [2.45, 2.75) is 70.8 Å². The molecule has 7 heteroatoms. The number of halogens is 6. The summed E-state index contributed by atoms with van der Waals surface area (Å²) in [6, 6.07) is 4.04. The third-order valence-corrected chi connectivity index (χ3v) is 5.21. The molecule has 0 aliphatic carbocycles. The van der Waals surface area contributed by atoms with E-state index in [1.54, 1.807) is 0 Å². The molecule has 1 aromatic carbocycles. The summed E-state index contributed by atoms with van der Waals surface area (Å²) in [5.41, 5.74) is -5.79. The Balaban J connectivity index is 3.49. The minimum Gasteiger partial charge on any atom is -0.369 e. The van der Waals surface area contributed by atoms with Crippen LogP contribution >= 0.6 is 0 Å². The summed E-state index contributed by atoms with van der Waals surface area (Å²) in [6.45, 7) is 9.97. The van der Waals surface area contributed by atoms with Crippen LogP contribution in [-0.2, 0) is 11.0 Å². The van der Waals surface area contributed by atoms with Gasteiger partial charge in [0.15, 0.2) is 0 Å². The van der Waals surface area contributed by atoms with Crippen LogP contribution in [0.3, 0.4) is 0 Å². The predicted octanol–water partition coefficient (Wildman–Crippen LogP) is 6.35. The van der Waals surface area contributed by atoms with Crippen molar-refractivity contribution in [1.82, 2.24) is 0 Å². The zero-order chi connectivity index (χ0) is 20.6. The molecule has 0 fully saturated rings. The van der Waals surface area contributed by atoms with E-state index in [1.165, 1.54) is 12.1 Å². The number of hydrogen-bond acceptors (Lipinski definition) is 1. The first-order valence-corrected chi connectivity index (χ1v) is 8.60. The molecule has 1 rings (SSSR count). The molecular weight excluding hydrogens is 358 g/mol. The topological polar surface area (TPSA) is 20.2 Å². The van der Waals surface area contributed by atoms with Crippen LogP contribution in [0, 0.1) is 11.8 Å². The summed E-state index contributed by atoms with van der Waals surface area (Å²) in [5, 5.41) is 9.51. The molecule has 150 valence electrons. The average Bonchev–Trinajstić information content (AvgIpc) is 2.49. The van der Waals surface area contributed by atoms with Gasteiger partial charge in [-0.25, -0.2) is 0 Å². The highest BCUT2D eigenvalue weighted by molar-refractivity contribution is 5.34. The van der Waals surface area contributed by atoms with Crippen molar-refractivity contribution in [3.63, 3.8) is 0 Å². The van der Waals surface area contributed by atoms with Gasteiger partial charge in [0.2, 0.25) is 0 Å². The Morgan fingerprint density at radius 2 is 1.19 bits per heavy atom. The summed E-state index contributed by atoms with van der Waals surface area (Å²) in [4.78, 5) is 0. The molecule has 0 aliphatic heterocycles. The maximum absolute atomic E-state index is 13.0. The minimum atomic E-state index is -5.87. The summed E-state index contributed by atoms with van der Waals surface area (Å²) in [7, 11) is 0. The van der Waals surface area contributed by atoms with Crippen LogP contribution in [-0.4, -0.2) is 17.5 Å². The molecule has 1 nitrogen and oxygen atoms in total. The van der Waals surface area contributed by atoms with Gasteiger partial charge in [0.1, 0.15) is 0 Å². The Morgan fingerprint density at radius 1 is 0.808 bits per heavy atom. The second kappa shape index (κ2) is 7.41. The molecule has 0 spiro atoms. The van der Waals surface area contributed by atoms with Crippen molar-refractivity contribution in [1.29, 1.82) is 0 Å². The molecule has 26 heavy (non-hydrogen) atoms. The molecule has 0 heterocycles. The summed E-state index contributed by atoms with van der Waals surface area (Å²) >= 11 is 0. The predicted molar refractivity (Wildman–Crippen MR) is 88.7 cm³/mol. The second-order valence-electron chi connectivity index (χ2n) is 7.55. The number of alkyl halides is 6. The van der Waals surface area contributed by atoms with Crippen LogP contribution in [0.15, 0.2) is 24.3 Å². The Bertz CT molecular complexity index is 572. The third kappa shape index (κ3) is 3.87. The van der Waals surface area contributed by atoms with Gasteiger partial charge >= 0.3 is 12.4 Å². The summed E-state index contributed by atoms with van der Waals surface area (Å²) in [6.07, 6.45) is -10.3. The van der Waals surface area contributed by atoms with Crippen molar-refractivity contribution in [3.05, 3.63) is 35.4 Å². The lowest BCUT2D eigenvalue weighted by molar-refractivity contribution is -0.376. The molecule has 1 atom stereocenters. The standard InChI is InChI=1S/C19H26F6O/c1-6-16(13(4)5,11-12(2)3)14-7-9-15(10-8-14)17(26,18(20,21)22)19(23,24)25/h7-10,12-13,26H,6,11H2,1-5H3.